The molecule has 0 fully saturated rings. The van der Waals surface area contributed by atoms with Gasteiger partial charge in [0, 0.05) is 6.20 Å². The minimum Gasteiger partial charge on any atom is -0.478 e. The number of aliphatic carboxylic acids is 1. The van der Waals surface area contributed by atoms with Crippen LogP contribution in [0.5, 0.6) is 0 Å². The summed E-state index contributed by atoms with van der Waals surface area (Å²) in [6, 6.07) is 0. The van der Waals surface area contributed by atoms with Gasteiger partial charge >= 0.3 is 5.97 Å². The van der Waals surface area contributed by atoms with Crippen LogP contribution in [0.3, 0.4) is 0 Å². The first-order valence-corrected chi connectivity index (χ1v) is 4.60. The van der Waals surface area contributed by atoms with Crippen LogP contribution in [0.25, 0.3) is 5.57 Å². The number of halogens is 2. The van der Waals surface area contributed by atoms with Gasteiger partial charge in [-0.2, -0.15) is 0 Å². The summed E-state index contributed by atoms with van der Waals surface area (Å²) in [7, 11) is 0. The average molecular weight is 239 g/mol. The normalized spacial score (nSPS) is 9.69. The van der Waals surface area contributed by atoms with Crippen molar-refractivity contribution in [3.8, 4) is 0 Å². The smallest absolute Gasteiger partial charge is 0.339 e. The zero-order valence-corrected chi connectivity index (χ0v) is 8.45. The lowest BCUT2D eigenvalue weighted by Gasteiger charge is -1.96. The third-order valence-electron chi connectivity index (χ3n) is 1.17. The molecule has 0 unspecified atom stereocenters. The zero-order valence-electron chi connectivity index (χ0n) is 6.12. The van der Waals surface area contributed by atoms with E-state index in [-0.39, 0.29) is 15.2 Å². The van der Waals surface area contributed by atoms with Gasteiger partial charge in [-0.15, -0.1) is 0 Å². The standard InChI is InChI=1S/C6H4Cl2N2O2S/c7-4(8)3(5(11)12)2-1-10-6(9)13-2/h1H,(H2,9,10)(H,11,12). The summed E-state index contributed by atoms with van der Waals surface area (Å²) >= 11 is 11.8. The fourth-order valence-electron chi connectivity index (χ4n) is 0.683. The van der Waals surface area contributed by atoms with Gasteiger partial charge < -0.3 is 10.8 Å². The van der Waals surface area contributed by atoms with Crippen molar-refractivity contribution in [3.05, 3.63) is 15.6 Å². The number of carbonyl (C=O) groups is 1. The highest BCUT2D eigenvalue weighted by Crippen LogP contribution is 2.29. The van der Waals surface area contributed by atoms with Crippen molar-refractivity contribution in [1.82, 2.24) is 4.98 Å². The molecule has 70 valence electrons. The fourth-order valence-corrected chi connectivity index (χ4v) is 1.89. The van der Waals surface area contributed by atoms with Crippen LogP contribution in [0.1, 0.15) is 4.88 Å². The average Bonchev–Trinajstić information content (AvgIpc) is 2.34. The molecule has 0 atom stereocenters. The van der Waals surface area contributed by atoms with Gasteiger partial charge in [0.1, 0.15) is 10.1 Å². The van der Waals surface area contributed by atoms with Gasteiger partial charge in [0.05, 0.1) is 4.88 Å². The molecule has 7 heteroatoms. The minimum atomic E-state index is -1.20. The monoisotopic (exact) mass is 238 g/mol. The van der Waals surface area contributed by atoms with E-state index in [2.05, 4.69) is 4.98 Å². The molecule has 0 aliphatic carbocycles. The summed E-state index contributed by atoms with van der Waals surface area (Å²) in [5.74, 6) is -1.20. The van der Waals surface area contributed by atoms with E-state index in [0.717, 1.165) is 11.3 Å². The van der Waals surface area contributed by atoms with Crippen molar-refractivity contribution in [2.75, 3.05) is 5.73 Å². The van der Waals surface area contributed by atoms with Crippen LogP contribution >= 0.6 is 34.5 Å². The third kappa shape index (κ3) is 2.33. The van der Waals surface area contributed by atoms with Crippen molar-refractivity contribution in [2.45, 2.75) is 0 Å². The summed E-state index contributed by atoms with van der Waals surface area (Å²) in [4.78, 5) is 14.7. The molecular weight excluding hydrogens is 235 g/mol. The molecule has 1 aromatic rings. The molecule has 13 heavy (non-hydrogen) atoms. The van der Waals surface area contributed by atoms with Gasteiger partial charge in [0.25, 0.3) is 0 Å². The van der Waals surface area contributed by atoms with Gasteiger partial charge in [-0.3, -0.25) is 0 Å². The second kappa shape index (κ2) is 3.95. The van der Waals surface area contributed by atoms with Crippen molar-refractivity contribution >= 4 is 51.2 Å². The molecule has 0 saturated heterocycles. The van der Waals surface area contributed by atoms with Crippen molar-refractivity contribution in [1.29, 1.82) is 0 Å². The minimum absolute atomic E-state index is 0.183. The zero-order chi connectivity index (χ0) is 10.0. The molecule has 1 aromatic heterocycles. The molecule has 3 N–H and O–H groups in total. The number of aromatic nitrogens is 1. The Morgan fingerprint density at radius 2 is 2.23 bits per heavy atom. The van der Waals surface area contributed by atoms with Crippen LogP contribution in [0.4, 0.5) is 5.13 Å². The first-order valence-electron chi connectivity index (χ1n) is 3.02. The fraction of sp³-hybridized carbons (Fsp3) is 0. The van der Waals surface area contributed by atoms with E-state index < -0.39 is 5.97 Å². The molecule has 0 aliphatic heterocycles. The van der Waals surface area contributed by atoms with E-state index in [9.17, 15) is 4.79 Å². The van der Waals surface area contributed by atoms with Gasteiger partial charge in [-0.05, 0) is 0 Å². The molecule has 4 nitrogen and oxygen atoms in total. The summed E-state index contributed by atoms with van der Waals surface area (Å²) < 4.78 is -0.309. The number of rotatable bonds is 2. The Hall–Kier alpha value is -0.780. The molecular formula is C6H4Cl2N2O2S. The molecule has 1 heterocycles. The van der Waals surface area contributed by atoms with Gasteiger partial charge in [-0.1, -0.05) is 34.5 Å². The number of hydrogen-bond donors (Lipinski definition) is 2. The number of carboxylic acids is 1. The molecule has 0 saturated carbocycles. The van der Waals surface area contributed by atoms with Crippen LogP contribution in [0.2, 0.25) is 0 Å². The largest absolute Gasteiger partial charge is 0.478 e. The van der Waals surface area contributed by atoms with Gasteiger partial charge in [-0.25, -0.2) is 9.78 Å². The first-order chi connectivity index (χ1) is 6.02. The van der Waals surface area contributed by atoms with E-state index in [1.807, 2.05) is 0 Å². The molecule has 0 spiro atoms. The maximum Gasteiger partial charge on any atom is 0.339 e. The molecule has 0 amide bonds. The van der Waals surface area contributed by atoms with Crippen molar-refractivity contribution in [2.24, 2.45) is 0 Å². The highest BCUT2D eigenvalue weighted by atomic mass is 35.5. The molecule has 1 rings (SSSR count). The van der Waals surface area contributed by atoms with Gasteiger partial charge in [0.2, 0.25) is 0 Å². The summed E-state index contributed by atoms with van der Waals surface area (Å²) in [5, 5.41) is 8.98. The van der Waals surface area contributed by atoms with Crippen LogP contribution in [0, 0.1) is 0 Å². The number of thiazole rings is 1. The Labute approximate surface area is 87.6 Å². The first kappa shape index (κ1) is 10.3. The molecule has 0 bridgehead atoms. The lowest BCUT2D eigenvalue weighted by Crippen LogP contribution is -1.98. The summed E-state index contributed by atoms with van der Waals surface area (Å²) in [5.41, 5.74) is 5.14. The number of anilines is 1. The Morgan fingerprint density at radius 1 is 1.62 bits per heavy atom. The van der Waals surface area contributed by atoms with Crippen LogP contribution < -0.4 is 5.73 Å². The molecule has 0 aliphatic rings. The molecule has 0 aromatic carbocycles. The Kier molecular flexibility index (Phi) is 3.13. The van der Waals surface area contributed by atoms with Gasteiger partial charge in [0.15, 0.2) is 5.13 Å². The Balaban J connectivity index is 3.19. The lowest BCUT2D eigenvalue weighted by molar-refractivity contribution is -0.130. The maximum atomic E-state index is 10.7. The Morgan fingerprint density at radius 3 is 2.54 bits per heavy atom. The maximum absolute atomic E-state index is 10.7. The number of nitrogen functional groups attached to an aromatic ring is 1. The SMILES string of the molecule is Nc1ncc(C(C(=O)O)=C(Cl)Cl)s1. The predicted molar refractivity (Wildman–Crippen MR) is 52.8 cm³/mol. The number of nitrogens with two attached hydrogens (primary N) is 1. The topological polar surface area (TPSA) is 76.2 Å². The highest BCUT2D eigenvalue weighted by Gasteiger charge is 2.17. The summed E-state index contributed by atoms with van der Waals surface area (Å²) in [6.07, 6.45) is 1.31. The van der Waals surface area contributed by atoms with E-state index >= 15 is 0 Å². The van der Waals surface area contributed by atoms with Crippen molar-refractivity contribution < 1.29 is 9.90 Å². The van der Waals surface area contributed by atoms with Crippen LogP contribution in [-0.2, 0) is 4.79 Å². The van der Waals surface area contributed by atoms with E-state index in [0.29, 0.717) is 4.88 Å². The van der Waals surface area contributed by atoms with Crippen LogP contribution in [0.15, 0.2) is 10.7 Å². The summed E-state index contributed by atoms with van der Waals surface area (Å²) in [6.45, 7) is 0. The second-order valence-corrected chi connectivity index (χ2v) is 4.01. The number of carboxylic acid groups (broad SMARTS) is 1. The predicted octanol–water partition coefficient (Wildman–Crippen LogP) is 1.96. The molecule has 0 radical (unpaired) electrons. The van der Waals surface area contributed by atoms with Crippen molar-refractivity contribution in [3.63, 3.8) is 0 Å². The number of nitrogens with zero attached hydrogens (tertiary/aromatic N) is 1. The van der Waals surface area contributed by atoms with E-state index in [1.165, 1.54) is 6.20 Å². The highest BCUT2D eigenvalue weighted by molar-refractivity contribution is 7.16. The lowest BCUT2D eigenvalue weighted by atomic mass is 10.3. The van der Waals surface area contributed by atoms with Crippen LogP contribution in [-0.4, -0.2) is 16.1 Å². The number of hydrogen-bond acceptors (Lipinski definition) is 4. The quantitative estimate of drug-likeness (QED) is 0.773. The van der Waals surface area contributed by atoms with E-state index in [1.54, 1.807) is 0 Å². The van der Waals surface area contributed by atoms with E-state index in [4.69, 9.17) is 34.0 Å². The second-order valence-electron chi connectivity index (χ2n) is 2.00. The third-order valence-corrected chi connectivity index (χ3v) is 2.39. The Bertz CT molecular complexity index is 370.